The van der Waals surface area contributed by atoms with E-state index >= 15 is 0 Å². The zero-order valence-electron chi connectivity index (χ0n) is 11.1. The Hall–Kier alpha value is -0.610. The van der Waals surface area contributed by atoms with Crippen LogP contribution >= 0.6 is 0 Å². The fraction of sp³-hybridized carbons (Fsp3) is 0.923. The average molecular weight is 242 g/mol. The van der Waals surface area contributed by atoms with E-state index in [0.717, 1.165) is 19.4 Å². The van der Waals surface area contributed by atoms with Gasteiger partial charge in [0.2, 0.25) is 5.91 Å². The second-order valence-electron chi connectivity index (χ2n) is 5.24. The SMILES string of the molecule is CC(C)C(N)CC(=O)NCCC1CCCCO1. The van der Waals surface area contributed by atoms with E-state index < -0.39 is 0 Å². The lowest BCUT2D eigenvalue weighted by Crippen LogP contribution is -2.36. The summed E-state index contributed by atoms with van der Waals surface area (Å²) in [6.07, 6.45) is 5.22. The van der Waals surface area contributed by atoms with E-state index in [2.05, 4.69) is 5.32 Å². The van der Waals surface area contributed by atoms with E-state index in [4.69, 9.17) is 10.5 Å². The van der Waals surface area contributed by atoms with Crippen LogP contribution in [0.5, 0.6) is 0 Å². The molecule has 0 radical (unpaired) electrons. The first kappa shape index (κ1) is 14.5. The van der Waals surface area contributed by atoms with Gasteiger partial charge in [-0.05, 0) is 31.6 Å². The maximum atomic E-state index is 11.6. The third-order valence-electron chi connectivity index (χ3n) is 3.34. The van der Waals surface area contributed by atoms with Crippen LogP contribution in [-0.2, 0) is 9.53 Å². The molecule has 1 rings (SSSR count). The monoisotopic (exact) mass is 242 g/mol. The third-order valence-corrected chi connectivity index (χ3v) is 3.34. The fourth-order valence-corrected chi connectivity index (χ4v) is 1.93. The fourth-order valence-electron chi connectivity index (χ4n) is 1.93. The molecule has 17 heavy (non-hydrogen) atoms. The van der Waals surface area contributed by atoms with Crippen LogP contribution in [0, 0.1) is 5.92 Å². The smallest absolute Gasteiger partial charge is 0.221 e. The van der Waals surface area contributed by atoms with Gasteiger partial charge in [-0.3, -0.25) is 4.79 Å². The topological polar surface area (TPSA) is 64.4 Å². The van der Waals surface area contributed by atoms with E-state index in [1.165, 1.54) is 12.8 Å². The molecule has 0 spiro atoms. The molecule has 0 aromatic heterocycles. The minimum absolute atomic E-state index is 0.0408. The highest BCUT2D eigenvalue weighted by Crippen LogP contribution is 2.14. The van der Waals surface area contributed by atoms with Crippen molar-refractivity contribution < 1.29 is 9.53 Å². The van der Waals surface area contributed by atoms with Gasteiger partial charge in [0.05, 0.1) is 6.10 Å². The molecule has 1 amide bonds. The van der Waals surface area contributed by atoms with Crippen molar-refractivity contribution in [1.82, 2.24) is 5.32 Å². The Morgan fingerprint density at radius 3 is 2.82 bits per heavy atom. The van der Waals surface area contributed by atoms with Crippen molar-refractivity contribution in [2.75, 3.05) is 13.2 Å². The molecule has 1 aliphatic heterocycles. The number of nitrogens with one attached hydrogen (secondary N) is 1. The maximum Gasteiger partial charge on any atom is 0.221 e. The molecule has 2 atom stereocenters. The van der Waals surface area contributed by atoms with Gasteiger partial charge in [-0.2, -0.15) is 0 Å². The van der Waals surface area contributed by atoms with Crippen LogP contribution < -0.4 is 11.1 Å². The van der Waals surface area contributed by atoms with Crippen molar-refractivity contribution in [1.29, 1.82) is 0 Å². The Morgan fingerprint density at radius 2 is 2.24 bits per heavy atom. The van der Waals surface area contributed by atoms with Crippen molar-refractivity contribution in [3.63, 3.8) is 0 Å². The van der Waals surface area contributed by atoms with E-state index in [0.29, 0.717) is 25.0 Å². The summed E-state index contributed by atoms with van der Waals surface area (Å²) in [6, 6.07) is -0.0408. The molecular weight excluding hydrogens is 216 g/mol. The summed E-state index contributed by atoms with van der Waals surface area (Å²) in [5, 5.41) is 2.92. The molecule has 3 N–H and O–H groups in total. The van der Waals surface area contributed by atoms with E-state index in [-0.39, 0.29) is 11.9 Å². The summed E-state index contributed by atoms with van der Waals surface area (Å²) >= 11 is 0. The highest BCUT2D eigenvalue weighted by atomic mass is 16.5. The summed E-state index contributed by atoms with van der Waals surface area (Å²) < 4.78 is 5.60. The van der Waals surface area contributed by atoms with Gasteiger partial charge in [-0.1, -0.05) is 13.8 Å². The van der Waals surface area contributed by atoms with Gasteiger partial charge in [0.15, 0.2) is 0 Å². The predicted octanol–water partition coefficient (Wildman–Crippen LogP) is 1.44. The second kappa shape index (κ2) is 7.67. The molecule has 2 unspecified atom stereocenters. The highest BCUT2D eigenvalue weighted by molar-refractivity contribution is 5.76. The molecule has 4 nitrogen and oxygen atoms in total. The highest BCUT2D eigenvalue weighted by Gasteiger charge is 2.15. The standard InChI is InChI=1S/C13H26N2O2/c1-10(2)12(14)9-13(16)15-7-6-11-5-3-4-8-17-11/h10-12H,3-9,14H2,1-2H3,(H,15,16). The Kier molecular flexibility index (Phi) is 6.52. The Labute approximate surface area is 104 Å². The predicted molar refractivity (Wildman–Crippen MR) is 68.6 cm³/mol. The lowest BCUT2D eigenvalue weighted by atomic mass is 10.0. The first-order valence-electron chi connectivity index (χ1n) is 6.73. The molecule has 4 heteroatoms. The number of nitrogens with two attached hydrogens (primary N) is 1. The summed E-state index contributed by atoms with van der Waals surface area (Å²) in [5.41, 5.74) is 5.85. The normalized spacial score (nSPS) is 22.5. The Balaban J connectivity index is 2.07. The van der Waals surface area contributed by atoms with Crippen LogP contribution in [0.2, 0.25) is 0 Å². The lowest BCUT2D eigenvalue weighted by Gasteiger charge is -2.22. The van der Waals surface area contributed by atoms with E-state index in [9.17, 15) is 4.79 Å². The van der Waals surface area contributed by atoms with Crippen LogP contribution in [0.15, 0.2) is 0 Å². The molecule has 1 heterocycles. The van der Waals surface area contributed by atoms with Crippen molar-refractivity contribution in [3.8, 4) is 0 Å². The summed E-state index contributed by atoms with van der Waals surface area (Å²) in [6.45, 7) is 5.65. The molecule has 100 valence electrons. The van der Waals surface area contributed by atoms with Gasteiger partial charge in [0, 0.05) is 25.6 Å². The van der Waals surface area contributed by atoms with Crippen molar-refractivity contribution in [2.24, 2.45) is 11.7 Å². The quantitative estimate of drug-likeness (QED) is 0.740. The van der Waals surface area contributed by atoms with Crippen LogP contribution in [0.3, 0.4) is 0 Å². The zero-order valence-corrected chi connectivity index (χ0v) is 11.1. The Morgan fingerprint density at radius 1 is 1.47 bits per heavy atom. The molecular formula is C13H26N2O2. The van der Waals surface area contributed by atoms with E-state index in [1.807, 2.05) is 13.8 Å². The van der Waals surface area contributed by atoms with Crippen LogP contribution in [-0.4, -0.2) is 31.2 Å². The number of hydrogen-bond donors (Lipinski definition) is 2. The number of carbonyl (C=O) groups is 1. The van der Waals surface area contributed by atoms with Crippen LogP contribution in [0.25, 0.3) is 0 Å². The molecule has 0 aromatic carbocycles. The Bertz CT molecular complexity index is 225. The van der Waals surface area contributed by atoms with Gasteiger partial charge in [0.25, 0.3) is 0 Å². The number of ether oxygens (including phenoxy) is 1. The number of rotatable bonds is 6. The van der Waals surface area contributed by atoms with Gasteiger partial charge in [-0.15, -0.1) is 0 Å². The molecule has 0 aromatic rings. The largest absolute Gasteiger partial charge is 0.378 e. The van der Waals surface area contributed by atoms with E-state index in [1.54, 1.807) is 0 Å². The summed E-state index contributed by atoms with van der Waals surface area (Å²) in [5.74, 6) is 0.407. The number of carbonyl (C=O) groups excluding carboxylic acids is 1. The summed E-state index contributed by atoms with van der Waals surface area (Å²) in [4.78, 5) is 11.6. The molecule has 1 fully saturated rings. The third kappa shape index (κ3) is 6.03. The average Bonchev–Trinajstić information content (AvgIpc) is 2.30. The van der Waals surface area contributed by atoms with Crippen molar-refractivity contribution >= 4 is 5.91 Å². The minimum atomic E-state index is -0.0408. The minimum Gasteiger partial charge on any atom is -0.378 e. The number of amides is 1. The number of hydrogen-bond acceptors (Lipinski definition) is 3. The summed E-state index contributed by atoms with van der Waals surface area (Å²) in [7, 11) is 0. The van der Waals surface area contributed by atoms with Gasteiger partial charge < -0.3 is 15.8 Å². The second-order valence-corrected chi connectivity index (χ2v) is 5.24. The van der Waals surface area contributed by atoms with Gasteiger partial charge >= 0.3 is 0 Å². The first-order valence-corrected chi connectivity index (χ1v) is 6.73. The molecule has 1 aliphatic rings. The van der Waals surface area contributed by atoms with Crippen molar-refractivity contribution in [3.05, 3.63) is 0 Å². The molecule has 0 aliphatic carbocycles. The van der Waals surface area contributed by atoms with Gasteiger partial charge in [-0.25, -0.2) is 0 Å². The molecule has 0 bridgehead atoms. The zero-order chi connectivity index (χ0) is 12.7. The van der Waals surface area contributed by atoms with Gasteiger partial charge in [0.1, 0.15) is 0 Å². The van der Waals surface area contributed by atoms with Crippen LogP contribution in [0.4, 0.5) is 0 Å². The first-order chi connectivity index (χ1) is 8.09. The maximum absolute atomic E-state index is 11.6. The lowest BCUT2D eigenvalue weighted by molar-refractivity contribution is -0.121. The van der Waals surface area contributed by atoms with Crippen molar-refractivity contribution in [2.45, 2.75) is 58.1 Å². The van der Waals surface area contributed by atoms with Crippen LogP contribution in [0.1, 0.15) is 46.0 Å². The molecule has 0 saturated carbocycles. The molecule has 1 saturated heterocycles.